The number of rotatable bonds is 1. The van der Waals surface area contributed by atoms with Crippen LogP contribution in [0.15, 0.2) is 34.3 Å². The van der Waals surface area contributed by atoms with Crippen LogP contribution in [0.3, 0.4) is 0 Å². The maximum atomic E-state index is 6.13. The van der Waals surface area contributed by atoms with Crippen molar-refractivity contribution in [3.8, 4) is 5.75 Å². The van der Waals surface area contributed by atoms with Crippen molar-refractivity contribution in [1.82, 2.24) is 0 Å². The van der Waals surface area contributed by atoms with Crippen LogP contribution >= 0.6 is 11.8 Å². The second-order valence-electron chi connectivity index (χ2n) is 8.36. The van der Waals surface area contributed by atoms with Gasteiger partial charge in [-0.25, -0.2) is 4.99 Å². The predicted octanol–water partition coefficient (Wildman–Crippen LogP) is 5.02. The maximum absolute atomic E-state index is 6.13. The number of aryl methyl sites for hydroxylation is 1. The second-order valence-corrected chi connectivity index (χ2v) is 9.50. The van der Waals surface area contributed by atoms with Gasteiger partial charge in [-0.3, -0.25) is 0 Å². The van der Waals surface area contributed by atoms with E-state index in [0.29, 0.717) is 17.2 Å². The van der Waals surface area contributed by atoms with E-state index in [1.54, 1.807) is 18.9 Å². The number of hydrogen-bond donors (Lipinski definition) is 0. The minimum atomic E-state index is -0.282. The molecule has 2 fully saturated rings. The van der Waals surface area contributed by atoms with Gasteiger partial charge in [0.2, 0.25) is 0 Å². The lowest BCUT2D eigenvalue weighted by Crippen LogP contribution is -2.52. The van der Waals surface area contributed by atoms with Crippen molar-refractivity contribution in [2.45, 2.75) is 51.8 Å². The molecular formula is C20H26N2O2S. The Morgan fingerprint density at radius 2 is 1.88 bits per heavy atom. The fourth-order valence-corrected chi connectivity index (χ4v) is 6.50. The highest BCUT2D eigenvalue weighted by atomic mass is 32.2. The quantitative estimate of drug-likeness (QED) is 0.708. The summed E-state index contributed by atoms with van der Waals surface area (Å²) in [5, 5.41) is 0.637. The van der Waals surface area contributed by atoms with Gasteiger partial charge in [-0.1, -0.05) is 38.5 Å². The molecular weight excluding hydrogens is 332 g/mol. The molecule has 25 heavy (non-hydrogen) atoms. The lowest BCUT2D eigenvalue weighted by molar-refractivity contribution is 0.113. The number of methoxy groups -OCH3 is 1. The molecule has 1 aromatic carbocycles. The number of aliphatic imine (C=N–C) groups is 2. The molecule has 1 spiro atoms. The molecule has 0 aromatic heterocycles. The zero-order valence-corrected chi connectivity index (χ0v) is 16.4. The van der Waals surface area contributed by atoms with Gasteiger partial charge >= 0.3 is 6.02 Å². The summed E-state index contributed by atoms with van der Waals surface area (Å²) in [4.78, 5) is 9.26. The number of benzene rings is 1. The number of thioether (sulfide) groups is 1. The molecule has 1 heterocycles. The highest BCUT2D eigenvalue weighted by Gasteiger charge is 2.71. The van der Waals surface area contributed by atoms with Crippen molar-refractivity contribution in [3.05, 3.63) is 29.8 Å². The van der Waals surface area contributed by atoms with Crippen LogP contribution < -0.4 is 4.74 Å². The summed E-state index contributed by atoms with van der Waals surface area (Å²) in [6.07, 6.45) is 3.70. The van der Waals surface area contributed by atoms with Crippen LogP contribution in [-0.4, -0.2) is 23.2 Å². The normalized spacial score (nSPS) is 35.5. The first-order valence-electron chi connectivity index (χ1n) is 8.96. The highest BCUT2D eigenvalue weighted by Crippen LogP contribution is 2.73. The Bertz CT molecular complexity index is 749. The van der Waals surface area contributed by atoms with Gasteiger partial charge in [0, 0.05) is 10.8 Å². The van der Waals surface area contributed by atoms with Crippen LogP contribution in [-0.2, 0) is 4.74 Å². The topological polar surface area (TPSA) is 43.2 Å². The Hall–Kier alpha value is -1.49. The van der Waals surface area contributed by atoms with E-state index >= 15 is 0 Å². The molecule has 0 radical (unpaired) electrons. The van der Waals surface area contributed by atoms with Crippen molar-refractivity contribution in [2.24, 2.45) is 26.7 Å². The van der Waals surface area contributed by atoms with E-state index in [9.17, 15) is 0 Å². The van der Waals surface area contributed by atoms with Crippen LogP contribution in [0.5, 0.6) is 5.75 Å². The summed E-state index contributed by atoms with van der Waals surface area (Å²) >= 11 is 1.69. The molecule has 3 atom stereocenters. The smallest absolute Gasteiger partial charge is 0.316 e. The van der Waals surface area contributed by atoms with Gasteiger partial charge in [0.25, 0.3) is 5.23 Å². The minimum Gasteiger partial charge on any atom is -0.467 e. The Kier molecular flexibility index (Phi) is 3.73. The zero-order chi connectivity index (χ0) is 17.9. The average Bonchev–Trinajstić information content (AvgIpc) is 3.05. The number of hydrogen-bond acceptors (Lipinski definition) is 5. The van der Waals surface area contributed by atoms with Crippen LogP contribution in [0.25, 0.3) is 0 Å². The van der Waals surface area contributed by atoms with E-state index in [4.69, 9.17) is 14.5 Å². The summed E-state index contributed by atoms with van der Waals surface area (Å²) in [6, 6.07) is 8.50. The van der Waals surface area contributed by atoms with Crippen molar-refractivity contribution in [1.29, 1.82) is 0 Å². The number of nitrogens with zero attached hydrogens (tertiary/aromatic N) is 2. The number of amidine groups is 1. The van der Waals surface area contributed by atoms with Gasteiger partial charge in [-0.2, -0.15) is 4.99 Å². The fraction of sp³-hybridized carbons (Fsp3) is 0.600. The lowest BCUT2D eigenvalue weighted by atomic mass is 9.68. The first kappa shape index (κ1) is 17.0. The standard InChI is InChI=1S/C20H26N2O2S/c1-13-6-8-15(9-7-13)24-17-21-16(23-5)22-20(25-17)18(2,3)14-10-11-19(20,4)12-14/h6-9,14H,10-12H2,1-5H3/t14-,19+,20-/m0/s1. The molecule has 0 saturated heterocycles. The van der Waals surface area contributed by atoms with E-state index in [0.717, 1.165) is 5.75 Å². The van der Waals surface area contributed by atoms with E-state index in [1.807, 2.05) is 24.3 Å². The number of fused-ring (bicyclic) bond motifs is 3. The van der Waals surface area contributed by atoms with Crippen molar-refractivity contribution in [2.75, 3.05) is 7.11 Å². The summed E-state index contributed by atoms with van der Waals surface area (Å²) in [5.74, 6) is 1.49. The summed E-state index contributed by atoms with van der Waals surface area (Å²) in [7, 11) is 1.64. The van der Waals surface area contributed by atoms with E-state index < -0.39 is 0 Å². The molecule has 2 aliphatic carbocycles. The molecule has 5 heteroatoms. The van der Waals surface area contributed by atoms with Gasteiger partial charge in [0.1, 0.15) is 10.6 Å². The lowest BCUT2D eigenvalue weighted by Gasteiger charge is -2.51. The summed E-state index contributed by atoms with van der Waals surface area (Å²) in [6.45, 7) is 9.14. The molecule has 0 unspecified atom stereocenters. The molecule has 134 valence electrons. The Balaban J connectivity index is 1.71. The van der Waals surface area contributed by atoms with E-state index in [1.165, 1.54) is 24.8 Å². The van der Waals surface area contributed by atoms with Gasteiger partial charge in [0.05, 0.1) is 7.11 Å². The Morgan fingerprint density at radius 1 is 1.16 bits per heavy atom. The molecule has 1 aliphatic heterocycles. The minimum absolute atomic E-state index is 0.0757. The van der Waals surface area contributed by atoms with Crippen LogP contribution in [0.4, 0.5) is 0 Å². The Labute approximate surface area is 154 Å². The van der Waals surface area contributed by atoms with E-state index in [2.05, 4.69) is 32.7 Å². The largest absolute Gasteiger partial charge is 0.467 e. The number of ether oxygens (including phenoxy) is 2. The predicted molar refractivity (Wildman–Crippen MR) is 103 cm³/mol. The first-order chi connectivity index (χ1) is 11.8. The van der Waals surface area contributed by atoms with Gasteiger partial charge in [-0.15, -0.1) is 0 Å². The van der Waals surface area contributed by atoms with Crippen molar-refractivity contribution < 1.29 is 9.47 Å². The summed E-state index contributed by atoms with van der Waals surface area (Å²) in [5.41, 5.74) is 1.43. The van der Waals surface area contributed by atoms with Crippen LogP contribution in [0.1, 0.15) is 45.6 Å². The van der Waals surface area contributed by atoms with Crippen LogP contribution in [0.2, 0.25) is 0 Å². The third kappa shape index (κ3) is 2.35. The fourth-order valence-electron chi connectivity index (χ4n) is 5.00. The first-order valence-corrected chi connectivity index (χ1v) is 9.77. The molecule has 4 nitrogen and oxygen atoms in total. The average molecular weight is 359 g/mol. The van der Waals surface area contributed by atoms with Gasteiger partial charge in [0.15, 0.2) is 0 Å². The molecule has 4 rings (SSSR count). The van der Waals surface area contributed by atoms with Crippen molar-refractivity contribution in [3.63, 3.8) is 0 Å². The molecule has 2 saturated carbocycles. The molecule has 0 N–H and O–H groups in total. The monoisotopic (exact) mass is 358 g/mol. The molecule has 1 aromatic rings. The van der Waals surface area contributed by atoms with Crippen LogP contribution in [0, 0.1) is 23.7 Å². The highest BCUT2D eigenvalue weighted by molar-refractivity contribution is 8.14. The van der Waals surface area contributed by atoms with E-state index in [-0.39, 0.29) is 15.7 Å². The second kappa shape index (κ2) is 5.50. The van der Waals surface area contributed by atoms with Crippen molar-refractivity contribution >= 4 is 23.0 Å². The molecule has 3 aliphatic rings. The third-order valence-corrected chi connectivity index (χ3v) is 8.29. The summed E-state index contributed by atoms with van der Waals surface area (Å²) < 4.78 is 11.6. The van der Waals surface area contributed by atoms with Gasteiger partial charge in [-0.05, 0) is 56.0 Å². The maximum Gasteiger partial charge on any atom is 0.316 e. The zero-order valence-electron chi connectivity index (χ0n) is 15.6. The third-order valence-electron chi connectivity index (χ3n) is 6.54. The SMILES string of the molecule is COC1=N[C@]2(SC(Oc3ccc(C)cc3)=N1)C(C)(C)[C@H]1CC[C@]2(C)C1. The Morgan fingerprint density at radius 3 is 2.48 bits per heavy atom. The van der Waals surface area contributed by atoms with Gasteiger partial charge < -0.3 is 9.47 Å². The molecule has 2 bridgehead atoms. The molecule has 0 amide bonds.